The second-order valence-corrected chi connectivity index (χ2v) is 12.1. The lowest BCUT2D eigenvalue weighted by Gasteiger charge is -2.27. The van der Waals surface area contributed by atoms with Gasteiger partial charge in [-0.15, -0.1) is 0 Å². The quantitative estimate of drug-likeness (QED) is 0.188. The molecule has 8 aromatic carbocycles. The number of furan rings is 2. The highest BCUT2D eigenvalue weighted by Crippen LogP contribution is 2.48. The molecule has 47 heavy (non-hydrogen) atoms. The minimum Gasteiger partial charge on any atom is -0.456 e. The molecule has 0 aliphatic carbocycles. The molecule has 0 aliphatic rings. The van der Waals surface area contributed by atoms with E-state index in [0.717, 1.165) is 66.3 Å². The Balaban J connectivity index is 1.31. The van der Waals surface area contributed by atoms with Gasteiger partial charge in [0.1, 0.15) is 16.7 Å². The van der Waals surface area contributed by atoms with Gasteiger partial charge in [-0.2, -0.15) is 0 Å². The van der Waals surface area contributed by atoms with Crippen LogP contribution >= 0.6 is 0 Å². The van der Waals surface area contributed by atoms with Gasteiger partial charge < -0.3 is 13.7 Å². The van der Waals surface area contributed by atoms with Crippen LogP contribution in [0.2, 0.25) is 0 Å². The van der Waals surface area contributed by atoms with Gasteiger partial charge in [0.05, 0.1) is 11.4 Å². The number of hydrogen-bond donors (Lipinski definition) is 0. The summed E-state index contributed by atoms with van der Waals surface area (Å²) >= 11 is 0. The molecule has 10 aromatic rings. The molecule has 3 nitrogen and oxygen atoms in total. The van der Waals surface area contributed by atoms with Crippen molar-refractivity contribution in [3.05, 3.63) is 164 Å². The van der Waals surface area contributed by atoms with E-state index in [0.29, 0.717) is 0 Å². The zero-order valence-corrected chi connectivity index (χ0v) is 25.4. The van der Waals surface area contributed by atoms with Gasteiger partial charge in [-0.05, 0) is 69.8 Å². The molecule has 2 heterocycles. The van der Waals surface area contributed by atoms with Gasteiger partial charge in [0, 0.05) is 38.7 Å². The molecule has 0 radical (unpaired) electrons. The summed E-state index contributed by atoms with van der Waals surface area (Å²) in [4.78, 5) is 2.34. The van der Waals surface area contributed by atoms with E-state index in [2.05, 4.69) is 150 Å². The summed E-state index contributed by atoms with van der Waals surface area (Å²) in [7, 11) is 0. The molecule has 0 amide bonds. The summed E-state index contributed by atoms with van der Waals surface area (Å²) in [5, 5.41) is 9.14. The Morgan fingerprint density at radius 3 is 1.74 bits per heavy atom. The maximum Gasteiger partial charge on any atom is 0.160 e. The van der Waals surface area contributed by atoms with Crippen LogP contribution in [-0.4, -0.2) is 0 Å². The maximum atomic E-state index is 6.79. The third kappa shape index (κ3) is 4.00. The van der Waals surface area contributed by atoms with Crippen LogP contribution in [0.3, 0.4) is 0 Å². The van der Waals surface area contributed by atoms with Crippen LogP contribution in [0.5, 0.6) is 0 Å². The first-order valence-electron chi connectivity index (χ1n) is 15.9. The largest absolute Gasteiger partial charge is 0.456 e. The van der Waals surface area contributed by atoms with E-state index in [9.17, 15) is 0 Å². The topological polar surface area (TPSA) is 29.5 Å². The molecule has 0 unspecified atom stereocenters. The number of fused-ring (bicyclic) bond motifs is 9. The van der Waals surface area contributed by atoms with Gasteiger partial charge in [-0.1, -0.05) is 115 Å². The molecule has 0 saturated heterocycles. The van der Waals surface area contributed by atoms with E-state index in [-0.39, 0.29) is 0 Å². The number of nitrogens with zero attached hydrogens (tertiary/aromatic N) is 1. The van der Waals surface area contributed by atoms with Crippen molar-refractivity contribution in [2.75, 3.05) is 4.90 Å². The fourth-order valence-corrected chi connectivity index (χ4v) is 7.23. The second-order valence-electron chi connectivity index (χ2n) is 12.1. The van der Waals surface area contributed by atoms with E-state index >= 15 is 0 Å². The third-order valence-corrected chi connectivity index (χ3v) is 9.44. The number of anilines is 3. The predicted molar refractivity (Wildman–Crippen MR) is 196 cm³/mol. The summed E-state index contributed by atoms with van der Waals surface area (Å²) in [5.74, 6) is 0. The minimum atomic E-state index is 0.848. The Morgan fingerprint density at radius 2 is 0.936 bits per heavy atom. The number of benzene rings is 8. The average Bonchev–Trinajstić information content (AvgIpc) is 3.70. The average molecular weight is 602 g/mol. The van der Waals surface area contributed by atoms with Gasteiger partial charge in [-0.3, -0.25) is 0 Å². The molecule has 0 bridgehead atoms. The number of hydrogen-bond acceptors (Lipinski definition) is 3. The highest BCUT2D eigenvalue weighted by molar-refractivity contribution is 6.24. The van der Waals surface area contributed by atoms with Crippen molar-refractivity contribution in [1.82, 2.24) is 0 Å². The van der Waals surface area contributed by atoms with Crippen molar-refractivity contribution >= 4 is 82.5 Å². The Kier molecular flexibility index (Phi) is 5.57. The fourth-order valence-electron chi connectivity index (χ4n) is 7.23. The first kappa shape index (κ1) is 26.0. The van der Waals surface area contributed by atoms with Crippen LogP contribution in [0.1, 0.15) is 0 Å². The highest BCUT2D eigenvalue weighted by Gasteiger charge is 2.24. The third-order valence-electron chi connectivity index (χ3n) is 9.44. The molecule has 0 N–H and O–H groups in total. The second kappa shape index (κ2) is 10.1. The molecule has 220 valence electrons. The van der Waals surface area contributed by atoms with Crippen LogP contribution < -0.4 is 4.90 Å². The number of para-hydroxylation sites is 2. The lowest BCUT2D eigenvalue weighted by atomic mass is 9.97. The Labute approximate surface area is 270 Å². The molecule has 0 atom stereocenters. The van der Waals surface area contributed by atoms with E-state index in [1.54, 1.807) is 0 Å². The molecule has 0 aliphatic heterocycles. The molecular weight excluding hydrogens is 574 g/mol. The summed E-state index contributed by atoms with van der Waals surface area (Å²) in [6.07, 6.45) is 0. The Bertz CT molecular complexity index is 2790. The minimum absolute atomic E-state index is 0.848. The molecule has 2 aromatic heterocycles. The van der Waals surface area contributed by atoms with Crippen molar-refractivity contribution in [3.63, 3.8) is 0 Å². The van der Waals surface area contributed by atoms with Crippen molar-refractivity contribution in [1.29, 1.82) is 0 Å². The van der Waals surface area contributed by atoms with E-state index in [1.165, 1.54) is 27.3 Å². The maximum absolute atomic E-state index is 6.79. The smallest absolute Gasteiger partial charge is 0.160 e. The van der Waals surface area contributed by atoms with Crippen molar-refractivity contribution in [2.45, 2.75) is 0 Å². The highest BCUT2D eigenvalue weighted by atomic mass is 16.3. The van der Waals surface area contributed by atoms with Gasteiger partial charge in [-0.25, -0.2) is 0 Å². The summed E-state index contributed by atoms with van der Waals surface area (Å²) in [6.45, 7) is 0. The first-order chi connectivity index (χ1) is 23.3. The monoisotopic (exact) mass is 601 g/mol. The Morgan fingerprint density at radius 1 is 0.340 bits per heavy atom. The lowest BCUT2D eigenvalue weighted by molar-refractivity contribution is 0.668. The number of rotatable bonds is 4. The molecular formula is C44H27NO2. The van der Waals surface area contributed by atoms with Crippen LogP contribution in [0.4, 0.5) is 17.1 Å². The summed E-state index contributed by atoms with van der Waals surface area (Å²) in [6, 6.07) is 57.8. The van der Waals surface area contributed by atoms with E-state index in [4.69, 9.17) is 8.83 Å². The van der Waals surface area contributed by atoms with Crippen LogP contribution in [0.25, 0.3) is 76.5 Å². The van der Waals surface area contributed by atoms with Crippen molar-refractivity contribution in [3.8, 4) is 11.1 Å². The SMILES string of the molecule is c1ccc(-c2ccc(N(c3ccc4c(c3)oc3ccccc34)c3c4ccc5ccccc5c4cc4c3oc3ccccc34)cc2)cc1. The Hall–Kier alpha value is -6.32. The zero-order chi connectivity index (χ0) is 30.9. The lowest BCUT2D eigenvalue weighted by Crippen LogP contribution is -2.11. The van der Waals surface area contributed by atoms with Crippen LogP contribution in [0.15, 0.2) is 173 Å². The van der Waals surface area contributed by atoms with Gasteiger partial charge in [0.25, 0.3) is 0 Å². The normalized spacial score (nSPS) is 11.8. The molecule has 3 heteroatoms. The first-order valence-corrected chi connectivity index (χ1v) is 15.9. The molecule has 0 saturated carbocycles. The van der Waals surface area contributed by atoms with Gasteiger partial charge >= 0.3 is 0 Å². The molecule has 0 spiro atoms. The fraction of sp³-hybridized carbons (Fsp3) is 0. The van der Waals surface area contributed by atoms with Crippen LogP contribution in [0, 0.1) is 0 Å². The standard InChI is InChI=1S/C44H27NO2/c1-2-10-28(11-3-1)29-18-21-31(22-19-29)45(32-23-25-36-34-14-6-8-16-40(34)46-42(36)26-32)43-37-24-20-30-12-4-5-13-33(30)38(37)27-39-35-15-7-9-17-41(35)47-44(39)43/h1-27H. The summed E-state index contributed by atoms with van der Waals surface area (Å²) < 4.78 is 13.2. The molecule has 10 rings (SSSR count). The van der Waals surface area contributed by atoms with E-state index in [1.807, 2.05) is 18.2 Å². The van der Waals surface area contributed by atoms with Gasteiger partial charge in [0.2, 0.25) is 0 Å². The predicted octanol–water partition coefficient (Wildman–Crippen LogP) is 12.9. The van der Waals surface area contributed by atoms with Crippen molar-refractivity contribution < 1.29 is 8.83 Å². The summed E-state index contributed by atoms with van der Waals surface area (Å²) in [5.41, 5.74) is 8.83. The van der Waals surface area contributed by atoms with Crippen LogP contribution in [-0.2, 0) is 0 Å². The van der Waals surface area contributed by atoms with Crippen molar-refractivity contribution in [2.24, 2.45) is 0 Å². The zero-order valence-electron chi connectivity index (χ0n) is 25.4. The molecule has 0 fully saturated rings. The van der Waals surface area contributed by atoms with Gasteiger partial charge in [0.15, 0.2) is 5.58 Å². The van der Waals surface area contributed by atoms with E-state index < -0.39 is 0 Å².